The van der Waals surface area contributed by atoms with Crippen LogP contribution in [0.3, 0.4) is 0 Å². The molecule has 4 saturated heterocycles. The van der Waals surface area contributed by atoms with Gasteiger partial charge in [0.25, 0.3) is 0 Å². The van der Waals surface area contributed by atoms with E-state index in [2.05, 4.69) is 66.2 Å². The first-order valence-corrected chi connectivity index (χ1v) is 25.8. The minimum atomic E-state index is -1.14. The molecule has 15 atom stereocenters. The fraction of sp³-hybridized carbons (Fsp3) is 0.673. The minimum Gasteiger partial charge on any atom is -0.508 e. The van der Waals surface area contributed by atoms with E-state index in [9.17, 15) is 9.90 Å². The highest BCUT2D eigenvalue weighted by Crippen LogP contribution is 2.88. The first-order chi connectivity index (χ1) is 30.7. The van der Waals surface area contributed by atoms with Crippen LogP contribution in [-0.4, -0.2) is 64.6 Å². The molecule has 14 rings (SSSR count). The summed E-state index contributed by atoms with van der Waals surface area (Å²) in [5.41, 5.74) is 11.3. The highest BCUT2D eigenvalue weighted by atomic mass is 16.6. The molecule has 332 valence electrons. The van der Waals surface area contributed by atoms with Crippen LogP contribution in [0, 0.1) is 70.0 Å². The molecule has 3 spiro atoms. The molecule has 0 radical (unpaired) electrons. The zero-order valence-corrected chi connectivity index (χ0v) is 37.5. The Labute approximate surface area is 373 Å². The van der Waals surface area contributed by atoms with Gasteiger partial charge in [0.15, 0.2) is 11.4 Å². The highest BCUT2D eigenvalue weighted by Gasteiger charge is 2.94. The van der Waals surface area contributed by atoms with Gasteiger partial charge in [-0.25, -0.2) is 4.79 Å². The van der Waals surface area contributed by atoms with E-state index in [4.69, 9.17) is 15.2 Å². The van der Waals surface area contributed by atoms with E-state index in [0.29, 0.717) is 84.6 Å². The highest BCUT2D eigenvalue weighted by molar-refractivity contribution is 6.00. The predicted octanol–water partition coefficient (Wildman–Crippen LogP) is 9.43. The molecular weight excluding hydrogens is 783 g/mol. The summed E-state index contributed by atoms with van der Waals surface area (Å²) in [5, 5.41) is 13.7. The maximum Gasteiger partial charge on any atom is 0.339 e. The second-order valence-electron chi connectivity index (χ2n) is 23.4. The number of carbonyl (C=O) groups is 2. The average Bonchev–Trinajstić information content (AvgIpc) is 3.75. The summed E-state index contributed by atoms with van der Waals surface area (Å²) >= 11 is 0. The van der Waals surface area contributed by atoms with E-state index in [1.807, 2.05) is 0 Å². The summed E-state index contributed by atoms with van der Waals surface area (Å²) in [4.78, 5) is 36.9. The average molecular weight is 850 g/mol. The Kier molecular flexibility index (Phi) is 8.13. The van der Waals surface area contributed by atoms with Gasteiger partial charge < -0.3 is 25.2 Å². The van der Waals surface area contributed by atoms with Crippen molar-refractivity contribution in [2.45, 2.75) is 140 Å². The number of hydrogen-bond acceptors (Lipinski definition) is 8. The van der Waals surface area contributed by atoms with Gasteiger partial charge in [-0.3, -0.25) is 9.69 Å². The number of nitrogens with zero attached hydrogens (tertiary/aromatic N) is 2. The lowest BCUT2D eigenvalue weighted by Crippen LogP contribution is -2.78. The van der Waals surface area contributed by atoms with Crippen molar-refractivity contribution < 1.29 is 24.2 Å². The molecule has 1 aromatic carbocycles. The van der Waals surface area contributed by atoms with Crippen LogP contribution in [-0.2, 0) is 26.3 Å². The topological polar surface area (TPSA) is 105 Å². The number of aryl methyl sites for hydroxylation is 1. The number of rotatable bonds is 5. The zero-order chi connectivity index (χ0) is 42.3. The van der Waals surface area contributed by atoms with Crippen molar-refractivity contribution in [2.24, 2.45) is 75.7 Å². The van der Waals surface area contributed by atoms with Gasteiger partial charge in [0.2, 0.25) is 0 Å². The number of nitrogens with two attached hydrogens (primary N) is 1. The number of allylic oxidation sites excluding steroid dienone is 5. The van der Waals surface area contributed by atoms with Gasteiger partial charge in [0, 0.05) is 54.2 Å². The third kappa shape index (κ3) is 4.53. The van der Waals surface area contributed by atoms with Gasteiger partial charge in [-0.2, -0.15) is 0 Å². The number of esters is 2. The van der Waals surface area contributed by atoms with Crippen LogP contribution >= 0.6 is 0 Å². The summed E-state index contributed by atoms with van der Waals surface area (Å²) in [6.07, 6.45) is 26.6. The summed E-state index contributed by atoms with van der Waals surface area (Å²) in [6.45, 7) is 7.52. The summed E-state index contributed by atoms with van der Waals surface area (Å²) in [5.74, 6) is 3.14. The molecule has 8 nitrogen and oxygen atoms in total. The lowest BCUT2D eigenvalue weighted by Gasteiger charge is -2.73. The number of ether oxygens (including phenoxy) is 2. The normalized spacial score (nSPS) is 46.0. The van der Waals surface area contributed by atoms with Crippen LogP contribution < -0.4 is 5.73 Å². The van der Waals surface area contributed by atoms with Crippen molar-refractivity contribution in [1.29, 1.82) is 0 Å². The molecule has 63 heavy (non-hydrogen) atoms. The van der Waals surface area contributed by atoms with Crippen LogP contribution in [0.25, 0.3) is 0 Å². The molecule has 2 saturated carbocycles. The van der Waals surface area contributed by atoms with Crippen LogP contribution in [0.15, 0.2) is 76.4 Å². The molecule has 0 aromatic heterocycles. The quantitative estimate of drug-likeness (QED) is 0.223. The molecular formula is C55H67N3O5. The van der Waals surface area contributed by atoms with Crippen molar-refractivity contribution in [2.75, 3.05) is 19.6 Å². The lowest BCUT2D eigenvalue weighted by molar-refractivity contribution is -0.281. The summed E-state index contributed by atoms with van der Waals surface area (Å²) in [6, 6.07) is 7.37. The zero-order valence-electron chi connectivity index (χ0n) is 37.5. The molecule has 15 unspecified atom stereocenters. The van der Waals surface area contributed by atoms with Crippen molar-refractivity contribution in [3.8, 4) is 0 Å². The maximum atomic E-state index is 16.1. The Morgan fingerprint density at radius 3 is 2.70 bits per heavy atom. The van der Waals surface area contributed by atoms with E-state index in [0.717, 1.165) is 69.2 Å². The molecule has 13 aliphatic rings. The number of hydrogen-bond donors (Lipinski definition) is 2. The number of benzene rings is 1. The number of piperidine rings is 3. The van der Waals surface area contributed by atoms with Gasteiger partial charge in [-0.15, -0.1) is 0 Å². The molecule has 1 aromatic rings. The Hall–Kier alpha value is -3.62. The van der Waals surface area contributed by atoms with Gasteiger partial charge >= 0.3 is 11.9 Å². The van der Waals surface area contributed by atoms with Crippen molar-refractivity contribution >= 4 is 11.9 Å². The first-order valence-electron chi connectivity index (χ1n) is 25.8. The van der Waals surface area contributed by atoms with Crippen LogP contribution in [0.2, 0.25) is 0 Å². The molecule has 6 fully saturated rings. The largest absolute Gasteiger partial charge is 0.508 e. The third-order valence-corrected chi connectivity index (χ3v) is 20.9. The van der Waals surface area contributed by atoms with Gasteiger partial charge in [0.05, 0.1) is 17.0 Å². The van der Waals surface area contributed by atoms with E-state index in [1.54, 1.807) is 5.70 Å². The maximum absolute atomic E-state index is 16.1. The van der Waals surface area contributed by atoms with Crippen molar-refractivity contribution in [1.82, 2.24) is 9.80 Å². The van der Waals surface area contributed by atoms with E-state index >= 15 is 4.79 Å². The van der Waals surface area contributed by atoms with Crippen LogP contribution in [0.4, 0.5) is 0 Å². The molecule has 6 aliphatic carbocycles. The predicted molar refractivity (Wildman–Crippen MR) is 240 cm³/mol. The fourth-order valence-electron chi connectivity index (χ4n) is 18.9. The summed E-state index contributed by atoms with van der Waals surface area (Å²) in [7, 11) is 0. The molecule has 7 bridgehead atoms. The minimum absolute atomic E-state index is 0.0863. The lowest BCUT2D eigenvalue weighted by atomic mass is 9.27. The molecule has 8 heteroatoms. The Bertz CT molecular complexity index is 2390. The smallest absolute Gasteiger partial charge is 0.339 e. The number of aliphatic hydroxyl groups is 1. The SMILES string of the molecule is CC1C=CC2CC3C(C)CC4=C5C3C3=C2C26C(=O)OC(=C(O)C7CCC8C9CC(CN8C7CC7CCCCC7)C(C=C4)N5C9)C2(CC3)C2(OC(=O)c3c(CCCN)cccc32)C6C1. The molecule has 0 amide bonds. The fourth-order valence-corrected chi connectivity index (χ4v) is 18.9. The Morgan fingerprint density at radius 1 is 0.968 bits per heavy atom. The van der Waals surface area contributed by atoms with Gasteiger partial charge in [-0.05, 0) is 135 Å². The van der Waals surface area contributed by atoms with E-state index < -0.39 is 16.4 Å². The van der Waals surface area contributed by atoms with Gasteiger partial charge in [-0.1, -0.05) is 94.0 Å². The molecule has 7 heterocycles. The molecule has 7 aliphatic heterocycles. The first kappa shape index (κ1) is 38.6. The Balaban J connectivity index is 1.07. The van der Waals surface area contributed by atoms with Crippen LogP contribution in [0.1, 0.15) is 132 Å². The molecule has 3 N–H and O–H groups in total. The van der Waals surface area contributed by atoms with Crippen molar-refractivity contribution in [3.63, 3.8) is 0 Å². The van der Waals surface area contributed by atoms with Crippen molar-refractivity contribution in [3.05, 3.63) is 93.1 Å². The monoisotopic (exact) mass is 850 g/mol. The van der Waals surface area contributed by atoms with Gasteiger partial charge in [0.1, 0.15) is 11.2 Å². The second kappa shape index (κ2) is 13.3. The van der Waals surface area contributed by atoms with E-state index in [-0.39, 0.29) is 47.6 Å². The van der Waals surface area contributed by atoms with Crippen LogP contribution in [0.5, 0.6) is 0 Å². The number of carbonyl (C=O) groups excluding carboxylic acids is 2. The Morgan fingerprint density at radius 2 is 1.84 bits per heavy atom. The number of fused-ring (bicyclic) bond motifs is 8. The standard InChI is InChI=1S/C55H67N3O5/c1-29-13-14-33-26-39-30(2)23-34-15-17-42-35-25-36-28-58(42)48(34)46(39)38-19-20-53-50(49(59)37-16-18-41(36)57(27-35)43(37)24-31-8-4-3-5-9-31)62-52(61)54(53,47(33)38)44(22-29)55(53)40-12-6-10-32(11-7-21-56)45(40)51(60)63-55/h6,10,12-15,17,29-31,33,35-37,39,41-44,46,59H,3-5,7-9,11,16,18-28,56H2,1-2H3. The summed E-state index contributed by atoms with van der Waals surface area (Å²) < 4.78 is 14.4. The second-order valence-corrected chi connectivity index (χ2v) is 23.4. The third-order valence-electron chi connectivity index (χ3n) is 20.9. The van der Waals surface area contributed by atoms with E-state index in [1.165, 1.54) is 55.2 Å². The number of aliphatic hydroxyl groups excluding tert-OH is 1.